The molecule has 0 amide bonds. The monoisotopic (exact) mass is 742 g/mol. The van der Waals surface area contributed by atoms with Gasteiger partial charge in [0, 0.05) is 44.4 Å². The Kier molecular flexibility index (Phi) is 6.78. The summed E-state index contributed by atoms with van der Waals surface area (Å²) in [6, 6.07) is 68.0. The van der Waals surface area contributed by atoms with E-state index in [0.29, 0.717) is 0 Å². The van der Waals surface area contributed by atoms with Gasteiger partial charge in [-0.15, -0.1) is 0 Å². The average molecular weight is 743 g/mol. The minimum absolute atomic E-state index is 0.101. The van der Waals surface area contributed by atoms with Crippen LogP contribution in [0.3, 0.4) is 0 Å². The molecular formula is C56H42N2. The van der Waals surface area contributed by atoms with Crippen LogP contribution in [0.4, 0.5) is 17.1 Å². The molecule has 2 aliphatic rings. The number of hydrogen-bond donors (Lipinski definition) is 0. The predicted molar refractivity (Wildman–Crippen MR) is 245 cm³/mol. The molecule has 0 N–H and O–H groups in total. The number of hydrogen-bond acceptors (Lipinski definition) is 1. The second-order valence-corrected chi connectivity index (χ2v) is 17.3. The number of rotatable bonds is 5. The molecule has 0 saturated carbocycles. The van der Waals surface area contributed by atoms with Crippen molar-refractivity contribution in [3.63, 3.8) is 0 Å². The molecule has 0 bridgehead atoms. The lowest BCUT2D eigenvalue weighted by Crippen LogP contribution is -2.18. The summed E-state index contributed by atoms with van der Waals surface area (Å²) in [7, 11) is 0. The maximum Gasteiger partial charge on any atom is 0.0547 e. The van der Waals surface area contributed by atoms with E-state index in [9.17, 15) is 0 Å². The summed E-state index contributed by atoms with van der Waals surface area (Å²) in [4.78, 5) is 2.47. The van der Waals surface area contributed by atoms with E-state index in [4.69, 9.17) is 0 Å². The zero-order valence-corrected chi connectivity index (χ0v) is 33.2. The first kappa shape index (κ1) is 33.3. The Bertz CT molecular complexity index is 3160. The highest BCUT2D eigenvalue weighted by molar-refractivity contribution is 6.26. The molecule has 1 aromatic heterocycles. The molecule has 0 atom stereocenters. The number of para-hydroxylation sites is 1. The summed E-state index contributed by atoms with van der Waals surface area (Å²) in [6.07, 6.45) is 0. The summed E-state index contributed by atoms with van der Waals surface area (Å²) in [5, 5.41) is 5.20. The van der Waals surface area contributed by atoms with Crippen molar-refractivity contribution in [3.05, 3.63) is 204 Å². The molecule has 9 aromatic carbocycles. The van der Waals surface area contributed by atoms with Crippen molar-refractivity contribution >= 4 is 49.6 Å². The molecule has 0 saturated heterocycles. The van der Waals surface area contributed by atoms with Gasteiger partial charge < -0.3 is 9.47 Å². The number of anilines is 3. The Balaban J connectivity index is 1.02. The Morgan fingerprint density at radius 1 is 0.379 bits per heavy atom. The van der Waals surface area contributed by atoms with Crippen LogP contribution in [-0.2, 0) is 10.8 Å². The van der Waals surface area contributed by atoms with Gasteiger partial charge in [0.15, 0.2) is 0 Å². The van der Waals surface area contributed by atoms with Crippen LogP contribution < -0.4 is 4.90 Å². The van der Waals surface area contributed by atoms with E-state index >= 15 is 0 Å². The Labute approximate surface area is 339 Å². The van der Waals surface area contributed by atoms with Gasteiger partial charge in [0.1, 0.15) is 0 Å². The van der Waals surface area contributed by atoms with Crippen LogP contribution in [0, 0.1) is 0 Å². The van der Waals surface area contributed by atoms with Crippen molar-refractivity contribution < 1.29 is 0 Å². The molecule has 0 spiro atoms. The van der Waals surface area contributed by atoms with Crippen LogP contribution in [-0.4, -0.2) is 4.57 Å². The average Bonchev–Trinajstić information content (AvgIpc) is 3.81. The first-order chi connectivity index (χ1) is 28.3. The highest BCUT2D eigenvalue weighted by Crippen LogP contribution is 2.53. The van der Waals surface area contributed by atoms with Gasteiger partial charge >= 0.3 is 0 Å². The van der Waals surface area contributed by atoms with E-state index in [1.54, 1.807) is 0 Å². The minimum Gasteiger partial charge on any atom is -0.310 e. The standard InChI is InChI=1S/C56H42N2/c1-55(2)47-18-10-8-16-42(47)44-29-26-39(33-49(44)55)57(40-27-30-45-43-17-9-11-19-48(43)56(3,4)50(45)34-40)38-24-21-35(22-25-38)41-31-32-52-54-46(41)28-23-36-13-12-20-51(53(36)54)58(52)37-14-6-5-7-15-37/h5-34H,1-4H3. The summed E-state index contributed by atoms with van der Waals surface area (Å²) in [5.41, 5.74) is 20.3. The molecule has 0 radical (unpaired) electrons. The Hall–Kier alpha value is -6.90. The first-order valence-corrected chi connectivity index (χ1v) is 20.5. The zero-order chi connectivity index (χ0) is 38.9. The van der Waals surface area contributed by atoms with Gasteiger partial charge in [0.2, 0.25) is 0 Å². The second-order valence-electron chi connectivity index (χ2n) is 17.3. The molecule has 12 rings (SSSR count). The fraction of sp³-hybridized carbons (Fsp3) is 0.107. The van der Waals surface area contributed by atoms with Gasteiger partial charge in [-0.1, -0.05) is 149 Å². The van der Waals surface area contributed by atoms with Crippen LogP contribution in [0.1, 0.15) is 49.9 Å². The second kappa shape index (κ2) is 11.8. The van der Waals surface area contributed by atoms with Crippen molar-refractivity contribution in [2.24, 2.45) is 0 Å². The lowest BCUT2D eigenvalue weighted by molar-refractivity contribution is 0.660. The van der Waals surface area contributed by atoms with Crippen molar-refractivity contribution in [2.75, 3.05) is 4.90 Å². The lowest BCUT2D eigenvalue weighted by atomic mass is 9.82. The highest BCUT2D eigenvalue weighted by Gasteiger charge is 2.37. The Morgan fingerprint density at radius 3 is 1.55 bits per heavy atom. The largest absolute Gasteiger partial charge is 0.310 e. The molecular weight excluding hydrogens is 701 g/mol. The van der Waals surface area contributed by atoms with Crippen molar-refractivity contribution in [1.29, 1.82) is 0 Å². The van der Waals surface area contributed by atoms with E-state index in [-0.39, 0.29) is 10.8 Å². The SMILES string of the molecule is CC1(C)c2ccccc2-c2ccc(N(c3ccc(-c4ccc5c6c4ccc4cccc(c46)n5-c4ccccc4)cc3)c3ccc4c(c3)C(C)(C)c3ccccc3-4)cc21. The third kappa shape index (κ3) is 4.49. The van der Waals surface area contributed by atoms with E-state index in [1.807, 2.05) is 0 Å². The fourth-order valence-electron chi connectivity index (χ4n) is 10.7. The molecule has 2 nitrogen and oxygen atoms in total. The molecule has 58 heavy (non-hydrogen) atoms. The van der Waals surface area contributed by atoms with E-state index in [2.05, 4.69) is 219 Å². The number of benzene rings is 9. The number of aromatic nitrogens is 1. The van der Waals surface area contributed by atoms with Gasteiger partial charge in [0.05, 0.1) is 11.0 Å². The van der Waals surface area contributed by atoms with Crippen molar-refractivity contribution in [2.45, 2.75) is 38.5 Å². The van der Waals surface area contributed by atoms with Gasteiger partial charge in [-0.3, -0.25) is 0 Å². The topological polar surface area (TPSA) is 8.17 Å². The summed E-state index contributed by atoms with van der Waals surface area (Å²) in [5.74, 6) is 0. The minimum atomic E-state index is -0.101. The normalized spacial score (nSPS) is 14.5. The van der Waals surface area contributed by atoms with Crippen LogP contribution >= 0.6 is 0 Å². The Morgan fingerprint density at radius 2 is 0.914 bits per heavy atom. The quantitative estimate of drug-likeness (QED) is 0.159. The molecule has 276 valence electrons. The van der Waals surface area contributed by atoms with Crippen LogP contribution in [0.25, 0.3) is 71.6 Å². The zero-order valence-electron chi connectivity index (χ0n) is 33.2. The molecule has 2 heteroatoms. The van der Waals surface area contributed by atoms with E-state index in [1.165, 1.54) is 105 Å². The summed E-state index contributed by atoms with van der Waals surface area (Å²) in [6.45, 7) is 9.47. The highest BCUT2D eigenvalue weighted by atomic mass is 15.1. The van der Waals surface area contributed by atoms with E-state index in [0.717, 1.165) is 5.69 Å². The summed E-state index contributed by atoms with van der Waals surface area (Å²) < 4.78 is 2.42. The smallest absolute Gasteiger partial charge is 0.0547 e. The number of nitrogens with zero attached hydrogens (tertiary/aromatic N) is 2. The van der Waals surface area contributed by atoms with Gasteiger partial charge in [-0.25, -0.2) is 0 Å². The maximum absolute atomic E-state index is 2.47. The molecule has 10 aromatic rings. The summed E-state index contributed by atoms with van der Waals surface area (Å²) >= 11 is 0. The third-order valence-corrected chi connectivity index (χ3v) is 13.6. The van der Waals surface area contributed by atoms with Crippen LogP contribution in [0.15, 0.2) is 182 Å². The van der Waals surface area contributed by atoms with E-state index < -0.39 is 0 Å². The van der Waals surface area contributed by atoms with Crippen LogP contribution in [0.5, 0.6) is 0 Å². The van der Waals surface area contributed by atoms with Gasteiger partial charge in [0.25, 0.3) is 0 Å². The van der Waals surface area contributed by atoms with Crippen molar-refractivity contribution in [3.8, 4) is 39.1 Å². The maximum atomic E-state index is 2.47. The molecule has 0 unspecified atom stereocenters. The van der Waals surface area contributed by atoms with Gasteiger partial charge in [-0.05, 0) is 127 Å². The van der Waals surface area contributed by atoms with Gasteiger partial charge in [-0.2, -0.15) is 0 Å². The van der Waals surface area contributed by atoms with Crippen LogP contribution in [0.2, 0.25) is 0 Å². The predicted octanol–water partition coefficient (Wildman–Crippen LogP) is 15.1. The number of fused-ring (bicyclic) bond motifs is 6. The molecule has 0 aliphatic heterocycles. The fourth-order valence-corrected chi connectivity index (χ4v) is 10.7. The molecule has 1 heterocycles. The third-order valence-electron chi connectivity index (χ3n) is 13.6. The lowest BCUT2D eigenvalue weighted by Gasteiger charge is -2.30. The van der Waals surface area contributed by atoms with Crippen molar-refractivity contribution in [1.82, 2.24) is 4.57 Å². The molecule has 2 aliphatic carbocycles. The molecule has 0 fully saturated rings. The first-order valence-electron chi connectivity index (χ1n) is 20.5.